The predicted molar refractivity (Wildman–Crippen MR) is 40.9 cm³/mol. The summed E-state index contributed by atoms with van der Waals surface area (Å²) in [5, 5.41) is 17.3. The Morgan fingerprint density at radius 3 is 2.82 bits per heavy atom. The normalized spacial score (nSPS) is 10.0. The zero-order valence-electron chi connectivity index (χ0n) is 6.20. The molecule has 0 atom stereocenters. The molecule has 0 saturated heterocycles. The minimum Gasteiger partial charge on any atom is -0.396 e. The van der Waals surface area contributed by atoms with E-state index >= 15 is 0 Å². The van der Waals surface area contributed by atoms with E-state index in [1.54, 1.807) is 12.3 Å². The van der Waals surface area contributed by atoms with Crippen molar-refractivity contribution in [3.63, 3.8) is 0 Å². The van der Waals surface area contributed by atoms with Gasteiger partial charge in [-0.1, -0.05) is 0 Å². The van der Waals surface area contributed by atoms with Crippen molar-refractivity contribution >= 4 is 0 Å². The maximum absolute atomic E-state index is 8.71. The average molecular weight is 153 g/mol. The molecule has 0 aromatic carbocycles. The fraction of sp³-hybridized carbons (Fsp3) is 0.375. The second-order valence-electron chi connectivity index (χ2n) is 2.29. The monoisotopic (exact) mass is 153 g/mol. The molecule has 11 heavy (non-hydrogen) atoms. The molecule has 1 heterocycles. The molecule has 1 aromatic rings. The molecule has 0 amide bonds. The van der Waals surface area contributed by atoms with Crippen LogP contribution in [-0.2, 0) is 13.0 Å². The topological polar surface area (TPSA) is 53.4 Å². The number of pyridine rings is 1. The number of hydrogen-bond acceptors (Lipinski definition) is 3. The molecule has 3 nitrogen and oxygen atoms in total. The van der Waals surface area contributed by atoms with Crippen LogP contribution < -0.4 is 0 Å². The van der Waals surface area contributed by atoms with Crippen molar-refractivity contribution in [3.8, 4) is 0 Å². The summed E-state index contributed by atoms with van der Waals surface area (Å²) in [6, 6.07) is 3.62. The largest absolute Gasteiger partial charge is 0.396 e. The lowest BCUT2D eigenvalue weighted by Crippen LogP contribution is -1.94. The van der Waals surface area contributed by atoms with Crippen molar-refractivity contribution < 1.29 is 10.2 Å². The third-order valence-corrected chi connectivity index (χ3v) is 1.44. The summed E-state index contributed by atoms with van der Waals surface area (Å²) in [4.78, 5) is 3.91. The Hall–Kier alpha value is -0.930. The molecule has 0 aliphatic heterocycles. The molecule has 1 rings (SSSR count). The van der Waals surface area contributed by atoms with Gasteiger partial charge < -0.3 is 10.2 Å². The first-order chi connectivity index (χ1) is 5.36. The molecule has 0 aliphatic rings. The smallest absolute Gasteiger partial charge is 0.0853 e. The summed E-state index contributed by atoms with van der Waals surface area (Å²) < 4.78 is 0. The Bertz CT molecular complexity index is 225. The summed E-state index contributed by atoms with van der Waals surface area (Å²) in [6.45, 7) is 0.0914. The highest BCUT2D eigenvalue weighted by Crippen LogP contribution is 2.01. The van der Waals surface area contributed by atoms with E-state index in [1.165, 1.54) is 0 Å². The lowest BCUT2D eigenvalue weighted by atomic mass is 10.2. The molecule has 0 unspecified atom stereocenters. The van der Waals surface area contributed by atoms with E-state index in [-0.39, 0.29) is 13.2 Å². The molecule has 0 spiro atoms. The highest BCUT2D eigenvalue weighted by Gasteiger charge is 1.94. The second kappa shape index (κ2) is 4.05. The highest BCUT2D eigenvalue weighted by molar-refractivity contribution is 5.15. The van der Waals surface area contributed by atoms with E-state index < -0.39 is 0 Å². The lowest BCUT2D eigenvalue weighted by Gasteiger charge is -1.99. The number of rotatable bonds is 3. The third kappa shape index (κ3) is 2.29. The quantitative estimate of drug-likeness (QED) is 0.648. The van der Waals surface area contributed by atoms with Crippen LogP contribution in [0.1, 0.15) is 11.3 Å². The van der Waals surface area contributed by atoms with Gasteiger partial charge in [0.15, 0.2) is 0 Å². The molecule has 0 radical (unpaired) electrons. The molecule has 0 bridgehead atoms. The van der Waals surface area contributed by atoms with E-state index in [1.807, 2.05) is 6.07 Å². The summed E-state index contributed by atoms with van der Waals surface area (Å²) in [7, 11) is 0. The molecular formula is C8H11NO2. The van der Waals surface area contributed by atoms with Crippen LogP contribution in [-0.4, -0.2) is 21.8 Å². The first-order valence-corrected chi connectivity index (χ1v) is 3.52. The Kier molecular flexibility index (Phi) is 3.01. The van der Waals surface area contributed by atoms with E-state index in [2.05, 4.69) is 4.98 Å². The number of aliphatic hydroxyl groups is 2. The van der Waals surface area contributed by atoms with Gasteiger partial charge in [0, 0.05) is 12.8 Å². The van der Waals surface area contributed by atoms with Crippen molar-refractivity contribution in [1.29, 1.82) is 0 Å². The van der Waals surface area contributed by atoms with Crippen molar-refractivity contribution in [3.05, 3.63) is 29.6 Å². The minimum atomic E-state index is -0.0424. The fourth-order valence-corrected chi connectivity index (χ4v) is 0.899. The van der Waals surface area contributed by atoms with Crippen LogP contribution in [0.2, 0.25) is 0 Å². The SMILES string of the molecule is OCCc1ccnc(CO)c1. The van der Waals surface area contributed by atoms with Crippen LogP contribution in [0.25, 0.3) is 0 Å². The summed E-state index contributed by atoms with van der Waals surface area (Å²) in [6.07, 6.45) is 2.26. The average Bonchev–Trinajstić information content (AvgIpc) is 2.06. The van der Waals surface area contributed by atoms with Gasteiger partial charge in [0.2, 0.25) is 0 Å². The van der Waals surface area contributed by atoms with Crippen molar-refractivity contribution in [2.75, 3.05) is 6.61 Å². The molecule has 0 fully saturated rings. The molecule has 1 aromatic heterocycles. The van der Waals surface area contributed by atoms with Gasteiger partial charge in [0.25, 0.3) is 0 Å². The maximum atomic E-state index is 8.71. The van der Waals surface area contributed by atoms with E-state index in [9.17, 15) is 0 Å². The van der Waals surface area contributed by atoms with E-state index in [0.717, 1.165) is 5.56 Å². The van der Waals surface area contributed by atoms with Gasteiger partial charge in [-0.25, -0.2) is 0 Å². The van der Waals surface area contributed by atoms with Gasteiger partial charge in [-0.05, 0) is 24.1 Å². The van der Waals surface area contributed by atoms with Crippen molar-refractivity contribution in [1.82, 2.24) is 4.98 Å². The van der Waals surface area contributed by atoms with Crippen molar-refractivity contribution in [2.24, 2.45) is 0 Å². The van der Waals surface area contributed by atoms with Crippen LogP contribution >= 0.6 is 0 Å². The van der Waals surface area contributed by atoms with Crippen LogP contribution in [0.4, 0.5) is 0 Å². The lowest BCUT2D eigenvalue weighted by molar-refractivity contribution is 0.276. The van der Waals surface area contributed by atoms with Crippen LogP contribution in [0.3, 0.4) is 0 Å². The molecule has 0 aliphatic carbocycles. The number of aliphatic hydroxyl groups excluding tert-OH is 2. The van der Waals surface area contributed by atoms with Crippen molar-refractivity contribution in [2.45, 2.75) is 13.0 Å². The van der Waals surface area contributed by atoms with E-state index in [4.69, 9.17) is 10.2 Å². The Morgan fingerprint density at radius 2 is 2.18 bits per heavy atom. The summed E-state index contributed by atoms with van der Waals surface area (Å²) >= 11 is 0. The second-order valence-corrected chi connectivity index (χ2v) is 2.29. The Morgan fingerprint density at radius 1 is 1.36 bits per heavy atom. The number of nitrogens with zero attached hydrogens (tertiary/aromatic N) is 1. The zero-order chi connectivity index (χ0) is 8.10. The third-order valence-electron chi connectivity index (χ3n) is 1.44. The fourth-order valence-electron chi connectivity index (χ4n) is 0.899. The Labute approximate surface area is 65.3 Å². The minimum absolute atomic E-state index is 0.0424. The number of aromatic nitrogens is 1. The summed E-state index contributed by atoms with van der Waals surface area (Å²) in [5.41, 5.74) is 1.66. The van der Waals surface area contributed by atoms with Gasteiger partial charge in [-0.15, -0.1) is 0 Å². The van der Waals surface area contributed by atoms with Gasteiger partial charge in [-0.2, -0.15) is 0 Å². The molecule has 2 N–H and O–H groups in total. The van der Waals surface area contributed by atoms with Crippen LogP contribution in [0.5, 0.6) is 0 Å². The molecule has 60 valence electrons. The molecular weight excluding hydrogens is 142 g/mol. The van der Waals surface area contributed by atoms with E-state index in [0.29, 0.717) is 12.1 Å². The number of hydrogen-bond donors (Lipinski definition) is 2. The highest BCUT2D eigenvalue weighted by atomic mass is 16.3. The van der Waals surface area contributed by atoms with Gasteiger partial charge >= 0.3 is 0 Å². The standard InChI is InChI=1S/C8H11NO2/c10-4-2-7-1-3-9-8(5-7)6-11/h1,3,5,10-11H,2,4,6H2. The Balaban J connectivity index is 2.74. The molecule has 0 saturated carbocycles. The van der Waals surface area contributed by atoms with Crippen LogP contribution in [0.15, 0.2) is 18.3 Å². The first-order valence-electron chi connectivity index (χ1n) is 3.52. The maximum Gasteiger partial charge on any atom is 0.0853 e. The zero-order valence-corrected chi connectivity index (χ0v) is 6.20. The summed E-state index contributed by atoms with van der Waals surface area (Å²) in [5.74, 6) is 0. The van der Waals surface area contributed by atoms with Crippen LogP contribution in [0, 0.1) is 0 Å². The van der Waals surface area contributed by atoms with Gasteiger partial charge in [0.05, 0.1) is 12.3 Å². The van der Waals surface area contributed by atoms with Gasteiger partial charge in [0.1, 0.15) is 0 Å². The first kappa shape index (κ1) is 8.17. The van der Waals surface area contributed by atoms with Gasteiger partial charge in [-0.3, -0.25) is 4.98 Å². The predicted octanol–water partition coefficient (Wildman–Crippen LogP) is 0.109. The molecule has 3 heteroatoms.